The monoisotopic (exact) mass is 501 g/mol. The summed E-state index contributed by atoms with van der Waals surface area (Å²) in [6.45, 7) is 2.90. The summed E-state index contributed by atoms with van der Waals surface area (Å²) in [5, 5.41) is 6.01. The Hall–Kier alpha value is -3.03. The number of nitrogens with zero attached hydrogens (tertiary/aromatic N) is 6. The molecular formula is C21H23N7O4S2. The summed E-state index contributed by atoms with van der Waals surface area (Å²) in [7, 11) is -3.82. The summed E-state index contributed by atoms with van der Waals surface area (Å²) < 4.78 is 28.4. The lowest BCUT2D eigenvalue weighted by atomic mass is 10.1. The van der Waals surface area contributed by atoms with Crippen LogP contribution in [0.25, 0.3) is 10.7 Å². The van der Waals surface area contributed by atoms with E-state index >= 15 is 0 Å². The molecule has 2 aliphatic rings. The number of ether oxygens (including phenoxy) is 1. The first-order valence-corrected chi connectivity index (χ1v) is 13.3. The van der Waals surface area contributed by atoms with E-state index in [9.17, 15) is 13.2 Å². The van der Waals surface area contributed by atoms with Gasteiger partial charge < -0.3 is 9.64 Å². The van der Waals surface area contributed by atoms with Crippen LogP contribution in [-0.4, -0.2) is 57.3 Å². The number of aromatic nitrogens is 5. The number of primary sulfonamides is 1. The highest BCUT2D eigenvalue weighted by Crippen LogP contribution is 2.50. The summed E-state index contributed by atoms with van der Waals surface area (Å²) in [6.07, 6.45) is 8.52. The van der Waals surface area contributed by atoms with Crippen molar-refractivity contribution >= 4 is 27.3 Å². The highest BCUT2D eigenvalue weighted by atomic mass is 32.2. The van der Waals surface area contributed by atoms with Crippen molar-refractivity contribution in [3.8, 4) is 16.6 Å². The molecule has 0 bridgehead atoms. The van der Waals surface area contributed by atoms with Crippen LogP contribution in [-0.2, 0) is 14.8 Å². The van der Waals surface area contributed by atoms with Gasteiger partial charge in [0.2, 0.25) is 15.9 Å². The first-order valence-electron chi connectivity index (χ1n) is 10.9. The van der Waals surface area contributed by atoms with Gasteiger partial charge in [-0.05, 0) is 38.7 Å². The van der Waals surface area contributed by atoms with Gasteiger partial charge in [-0.1, -0.05) is 0 Å². The zero-order valence-electron chi connectivity index (χ0n) is 18.4. The van der Waals surface area contributed by atoms with E-state index in [1.165, 1.54) is 17.5 Å². The van der Waals surface area contributed by atoms with Crippen molar-refractivity contribution in [2.75, 3.05) is 13.2 Å². The Morgan fingerprint density at radius 2 is 2.09 bits per heavy atom. The third-order valence-corrected chi connectivity index (χ3v) is 8.72. The van der Waals surface area contributed by atoms with Crippen molar-refractivity contribution < 1.29 is 17.9 Å². The number of hydrogen-bond donors (Lipinski definition) is 1. The Kier molecular flexibility index (Phi) is 5.78. The number of sulfonamides is 1. The van der Waals surface area contributed by atoms with Crippen LogP contribution in [0, 0.1) is 0 Å². The molecule has 11 nitrogen and oxygen atoms in total. The molecule has 1 saturated carbocycles. The molecule has 2 fully saturated rings. The van der Waals surface area contributed by atoms with Gasteiger partial charge in [0.25, 0.3) is 5.91 Å². The van der Waals surface area contributed by atoms with Crippen LogP contribution < -0.4 is 9.88 Å². The summed E-state index contributed by atoms with van der Waals surface area (Å²) >= 11 is 1.24. The number of hydrogen-bond acceptors (Lipinski definition) is 10. The molecule has 1 amide bonds. The Balaban J connectivity index is 1.39. The maximum atomic E-state index is 13.4. The van der Waals surface area contributed by atoms with Gasteiger partial charge in [-0.3, -0.25) is 9.78 Å². The molecular weight excluding hydrogens is 478 g/mol. The fraction of sp³-hybridized carbons (Fsp3) is 0.429. The van der Waals surface area contributed by atoms with Crippen LogP contribution in [0.15, 0.2) is 30.9 Å². The molecule has 0 spiro atoms. The number of thiazole rings is 1. The molecule has 34 heavy (non-hydrogen) atoms. The highest BCUT2D eigenvalue weighted by Gasteiger charge is 2.57. The van der Waals surface area contributed by atoms with Gasteiger partial charge >= 0.3 is 0 Å². The van der Waals surface area contributed by atoms with Gasteiger partial charge in [0.15, 0.2) is 5.82 Å². The molecule has 4 heterocycles. The van der Waals surface area contributed by atoms with Crippen molar-refractivity contribution in [1.82, 2.24) is 29.8 Å². The Bertz CT molecular complexity index is 1340. The molecule has 1 atom stereocenters. The van der Waals surface area contributed by atoms with Gasteiger partial charge in [0.05, 0.1) is 36.9 Å². The minimum Gasteiger partial charge on any atom is -0.477 e. The van der Waals surface area contributed by atoms with E-state index in [2.05, 4.69) is 24.9 Å². The topological polar surface area (TPSA) is 154 Å². The molecule has 1 aliphatic heterocycles. The maximum absolute atomic E-state index is 13.4. The van der Waals surface area contributed by atoms with Crippen LogP contribution in [0.2, 0.25) is 0 Å². The molecule has 1 saturated heterocycles. The lowest BCUT2D eigenvalue weighted by Crippen LogP contribution is -2.32. The quantitative estimate of drug-likeness (QED) is 0.512. The lowest BCUT2D eigenvalue weighted by Gasteiger charge is -2.24. The van der Waals surface area contributed by atoms with Gasteiger partial charge in [-0.15, -0.1) is 11.3 Å². The predicted octanol–water partition coefficient (Wildman–Crippen LogP) is 2.04. The normalized spacial score (nSPS) is 19.2. The zero-order valence-corrected chi connectivity index (χ0v) is 20.0. The second-order valence-corrected chi connectivity index (χ2v) is 11.1. The smallest absolute Gasteiger partial charge is 0.266 e. The van der Waals surface area contributed by atoms with Gasteiger partial charge in [0.1, 0.15) is 20.3 Å². The van der Waals surface area contributed by atoms with Crippen molar-refractivity contribution in [3.63, 3.8) is 0 Å². The number of carbonyl (C=O) groups excluding carboxylic acids is 1. The second-order valence-electron chi connectivity index (χ2n) is 8.21. The highest BCUT2D eigenvalue weighted by molar-refractivity contribution is 7.90. The molecule has 0 radical (unpaired) electrons. The van der Waals surface area contributed by atoms with E-state index in [1.807, 2.05) is 6.92 Å². The van der Waals surface area contributed by atoms with Gasteiger partial charge in [0, 0.05) is 12.7 Å². The molecule has 13 heteroatoms. The number of likely N-dealkylation sites (tertiary alicyclic amines) is 1. The van der Waals surface area contributed by atoms with E-state index in [0.29, 0.717) is 53.1 Å². The lowest BCUT2D eigenvalue weighted by molar-refractivity contribution is 0.0737. The largest absolute Gasteiger partial charge is 0.477 e. The Labute approximate surface area is 200 Å². The average molecular weight is 502 g/mol. The predicted molar refractivity (Wildman–Crippen MR) is 123 cm³/mol. The van der Waals surface area contributed by atoms with Crippen LogP contribution in [0.5, 0.6) is 5.88 Å². The third-order valence-electron chi connectivity index (χ3n) is 6.03. The number of amides is 1. The number of rotatable bonds is 7. The van der Waals surface area contributed by atoms with Gasteiger partial charge in [-0.2, -0.15) is 0 Å². The van der Waals surface area contributed by atoms with Crippen LogP contribution in [0.4, 0.5) is 0 Å². The Morgan fingerprint density at radius 1 is 1.26 bits per heavy atom. The fourth-order valence-corrected chi connectivity index (χ4v) is 6.00. The minimum atomic E-state index is -3.82. The standard InChI is InChI=1S/C21H23N7O4S2/c1-2-32-17-12-23-10-14(26-17)18-25-11-16(33-18)19(29)28-9-3-4-15(28)13-5-8-24-20(27-13)21(6-7-21)34(22,30)31/h5,8,10-12,15H,2-4,6-7,9H2,1H3,(H2,22,30,31). The first kappa shape index (κ1) is 22.7. The van der Waals surface area contributed by atoms with Crippen molar-refractivity contribution in [2.24, 2.45) is 5.14 Å². The first-order chi connectivity index (χ1) is 16.3. The van der Waals surface area contributed by atoms with Crippen molar-refractivity contribution in [2.45, 2.75) is 43.4 Å². The SMILES string of the molecule is CCOc1cncc(-c2ncc(C(=O)N3CCCC3c3ccnc(C4(S(N)(=O)=O)CC4)n3)s2)n1. The molecule has 5 rings (SSSR count). The average Bonchev–Trinajstić information content (AvgIpc) is 3.28. The van der Waals surface area contributed by atoms with E-state index < -0.39 is 14.8 Å². The summed E-state index contributed by atoms with van der Waals surface area (Å²) in [6, 6.07) is 1.45. The van der Waals surface area contributed by atoms with Crippen molar-refractivity contribution in [1.29, 1.82) is 0 Å². The fourth-order valence-electron chi connectivity index (χ4n) is 4.15. The summed E-state index contributed by atoms with van der Waals surface area (Å²) in [5.41, 5.74) is 1.15. The van der Waals surface area contributed by atoms with Gasteiger partial charge in [-0.25, -0.2) is 33.5 Å². The molecule has 3 aromatic heterocycles. The molecule has 1 aliphatic carbocycles. The van der Waals surface area contributed by atoms with E-state index in [4.69, 9.17) is 9.88 Å². The molecule has 1 unspecified atom stereocenters. The van der Waals surface area contributed by atoms with E-state index in [-0.39, 0.29) is 17.8 Å². The second kappa shape index (κ2) is 8.64. The van der Waals surface area contributed by atoms with Crippen LogP contribution >= 0.6 is 11.3 Å². The number of nitrogens with two attached hydrogens (primary N) is 1. The molecule has 2 N–H and O–H groups in total. The number of carbonyl (C=O) groups is 1. The summed E-state index contributed by atoms with van der Waals surface area (Å²) in [4.78, 5) is 37.2. The van der Waals surface area contributed by atoms with Crippen molar-refractivity contribution in [3.05, 3.63) is 47.2 Å². The van der Waals surface area contributed by atoms with Crippen LogP contribution in [0.3, 0.4) is 0 Å². The zero-order chi connectivity index (χ0) is 23.9. The summed E-state index contributed by atoms with van der Waals surface area (Å²) in [5.74, 6) is 0.447. The molecule has 178 valence electrons. The third kappa shape index (κ3) is 4.03. The van der Waals surface area contributed by atoms with Crippen LogP contribution in [0.1, 0.15) is 59.8 Å². The Morgan fingerprint density at radius 3 is 2.82 bits per heavy atom. The minimum absolute atomic E-state index is 0.159. The molecule has 0 aromatic carbocycles. The maximum Gasteiger partial charge on any atom is 0.266 e. The molecule has 3 aromatic rings. The van der Waals surface area contributed by atoms with E-state index in [1.54, 1.807) is 29.6 Å². The van der Waals surface area contributed by atoms with E-state index in [0.717, 1.165) is 12.8 Å².